The minimum absolute atomic E-state index is 0.225. The van der Waals surface area contributed by atoms with Gasteiger partial charge in [-0.1, -0.05) is 67.9 Å². The lowest BCUT2D eigenvalue weighted by molar-refractivity contribution is 0.0942. The van der Waals surface area contributed by atoms with Crippen molar-refractivity contribution in [2.75, 3.05) is 13.0 Å². The predicted octanol–water partition coefficient (Wildman–Crippen LogP) is 4.83. The summed E-state index contributed by atoms with van der Waals surface area (Å²) in [5.41, 5.74) is 4.14. The third kappa shape index (κ3) is 4.65. The van der Waals surface area contributed by atoms with Gasteiger partial charge in [-0.25, -0.2) is 0 Å². The molecule has 1 amide bonds. The van der Waals surface area contributed by atoms with Crippen molar-refractivity contribution in [3.8, 4) is 11.5 Å². The number of ether oxygens (including phenoxy) is 2. The number of nitrogens with two attached hydrogens (primary N) is 1. The van der Waals surface area contributed by atoms with Crippen molar-refractivity contribution in [2.24, 2.45) is 0 Å². The van der Waals surface area contributed by atoms with E-state index in [0.29, 0.717) is 23.8 Å². The van der Waals surface area contributed by atoms with Gasteiger partial charge in [0.05, 0.1) is 24.7 Å². The molecule has 4 aromatic rings. The van der Waals surface area contributed by atoms with Gasteiger partial charge in [0.1, 0.15) is 23.8 Å². The molecule has 0 spiro atoms. The quantitative estimate of drug-likeness (QED) is 0.363. The number of carbonyl (C=O) groups is 1. The monoisotopic (exact) mass is 443 g/mol. The van der Waals surface area contributed by atoms with E-state index in [2.05, 4.69) is 12.2 Å². The zero-order chi connectivity index (χ0) is 23.2. The molecule has 33 heavy (non-hydrogen) atoms. The Morgan fingerprint density at radius 1 is 0.939 bits per heavy atom. The van der Waals surface area contributed by atoms with Crippen LogP contribution in [0.3, 0.4) is 0 Å². The standard InChI is InChI=1S/C27H29N3O3/c1-3-10-21-20-13-7-8-14-23(20)30(28)26(21)27(31)29-17-22-24(32-2)15-9-16-25(22)33-18-19-11-5-4-6-12-19/h4-9,11-16H,3,10,17-18,28H2,1-2H3,(H,29,31). The van der Waals surface area contributed by atoms with E-state index in [-0.39, 0.29) is 12.5 Å². The van der Waals surface area contributed by atoms with Crippen molar-refractivity contribution in [1.82, 2.24) is 9.99 Å². The second kappa shape index (κ2) is 10.1. The van der Waals surface area contributed by atoms with Gasteiger partial charge < -0.3 is 20.6 Å². The fourth-order valence-corrected chi connectivity index (χ4v) is 4.12. The maximum atomic E-state index is 13.3. The molecule has 0 aliphatic heterocycles. The van der Waals surface area contributed by atoms with Crippen LogP contribution in [-0.2, 0) is 19.6 Å². The molecule has 3 aromatic carbocycles. The summed E-state index contributed by atoms with van der Waals surface area (Å²) in [6.45, 7) is 2.77. The smallest absolute Gasteiger partial charge is 0.270 e. The molecule has 0 saturated carbocycles. The summed E-state index contributed by atoms with van der Waals surface area (Å²) in [6, 6.07) is 23.4. The molecule has 0 saturated heterocycles. The molecule has 6 nitrogen and oxygen atoms in total. The van der Waals surface area contributed by atoms with E-state index >= 15 is 0 Å². The number of hydrogen-bond donors (Lipinski definition) is 2. The van der Waals surface area contributed by atoms with E-state index in [1.165, 1.54) is 4.68 Å². The highest BCUT2D eigenvalue weighted by Crippen LogP contribution is 2.30. The molecule has 0 aliphatic rings. The first-order valence-electron chi connectivity index (χ1n) is 11.1. The van der Waals surface area contributed by atoms with Crippen molar-refractivity contribution < 1.29 is 14.3 Å². The van der Waals surface area contributed by atoms with Crippen LogP contribution in [0.25, 0.3) is 10.9 Å². The highest BCUT2D eigenvalue weighted by atomic mass is 16.5. The van der Waals surface area contributed by atoms with Gasteiger partial charge in [0.25, 0.3) is 5.91 Å². The first-order chi connectivity index (χ1) is 16.1. The number of amides is 1. The summed E-state index contributed by atoms with van der Waals surface area (Å²) in [4.78, 5) is 13.3. The Bertz CT molecular complexity index is 1250. The minimum atomic E-state index is -0.225. The number of rotatable bonds is 9. The van der Waals surface area contributed by atoms with Crippen molar-refractivity contribution >= 4 is 16.8 Å². The molecule has 170 valence electrons. The molecular weight excluding hydrogens is 414 g/mol. The van der Waals surface area contributed by atoms with Crippen LogP contribution in [0.1, 0.15) is 40.5 Å². The van der Waals surface area contributed by atoms with Crippen LogP contribution < -0.4 is 20.6 Å². The summed E-state index contributed by atoms with van der Waals surface area (Å²) in [7, 11) is 1.61. The summed E-state index contributed by atoms with van der Waals surface area (Å²) < 4.78 is 13.1. The molecular formula is C27H29N3O3. The largest absolute Gasteiger partial charge is 0.496 e. The molecule has 0 unspecified atom stereocenters. The zero-order valence-electron chi connectivity index (χ0n) is 19.0. The van der Waals surface area contributed by atoms with E-state index in [1.807, 2.05) is 72.8 Å². The van der Waals surface area contributed by atoms with E-state index in [1.54, 1.807) is 7.11 Å². The van der Waals surface area contributed by atoms with Gasteiger partial charge >= 0.3 is 0 Å². The fourth-order valence-electron chi connectivity index (χ4n) is 4.12. The molecule has 0 atom stereocenters. The number of nitrogen functional groups attached to an aromatic ring is 1. The average molecular weight is 444 g/mol. The Balaban J connectivity index is 1.59. The second-order valence-electron chi connectivity index (χ2n) is 7.86. The summed E-state index contributed by atoms with van der Waals surface area (Å²) >= 11 is 0. The van der Waals surface area contributed by atoms with Gasteiger partial charge in [0, 0.05) is 5.39 Å². The number of benzene rings is 3. The van der Waals surface area contributed by atoms with Crippen molar-refractivity contribution in [3.05, 3.63) is 95.2 Å². The van der Waals surface area contributed by atoms with Crippen LogP contribution in [-0.4, -0.2) is 17.7 Å². The van der Waals surface area contributed by atoms with E-state index in [4.69, 9.17) is 15.3 Å². The second-order valence-corrected chi connectivity index (χ2v) is 7.86. The number of hydrogen-bond acceptors (Lipinski definition) is 4. The van der Waals surface area contributed by atoms with Crippen LogP contribution in [0.15, 0.2) is 72.8 Å². The van der Waals surface area contributed by atoms with Crippen LogP contribution in [0.4, 0.5) is 0 Å². The molecule has 3 N–H and O–H groups in total. The number of aromatic nitrogens is 1. The first kappa shape index (κ1) is 22.3. The van der Waals surface area contributed by atoms with Crippen LogP contribution in [0, 0.1) is 0 Å². The number of methoxy groups -OCH3 is 1. The van der Waals surface area contributed by atoms with E-state index in [9.17, 15) is 4.79 Å². The fraction of sp³-hybridized carbons (Fsp3) is 0.222. The third-order valence-corrected chi connectivity index (χ3v) is 5.70. The number of nitrogens with zero attached hydrogens (tertiary/aromatic N) is 1. The number of aryl methyl sites for hydroxylation is 1. The maximum Gasteiger partial charge on any atom is 0.270 e. The van der Waals surface area contributed by atoms with Gasteiger partial charge in [0.15, 0.2) is 0 Å². The molecule has 4 rings (SSSR count). The summed E-state index contributed by atoms with van der Waals surface area (Å²) in [5, 5.41) is 4.04. The summed E-state index contributed by atoms with van der Waals surface area (Å²) in [6.07, 6.45) is 1.69. The third-order valence-electron chi connectivity index (χ3n) is 5.70. The van der Waals surface area contributed by atoms with Crippen LogP contribution >= 0.6 is 0 Å². The van der Waals surface area contributed by atoms with Gasteiger partial charge in [-0.05, 0) is 35.7 Å². The van der Waals surface area contributed by atoms with Crippen molar-refractivity contribution in [3.63, 3.8) is 0 Å². The number of carbonyl (C=O) groups excluding carboxylic acids is 1. The van der Waals surface area contributed by atoms with Crippen LogP contribution in [0.2, 0.25) is 0 Å². The summed E-state index contributed by atoms with van der Waals surface area (Å²) in [5.74, 6) is 7.44. The minimum Gasteiger partial charge on any atom is -0.496 e. The molecule has 1 aromatic heterocycles. The van der Waals surface area contributed by atoms with Crippen molar-refractivity contribution in [2.45, 2.75) is 32.9 Å². The Hall–Kier alpha value is -3.93. The zero-order valence-corrected chi connectivity index (χ0v) is 19.0. The predicted molar refractivity (Wildman–Crippen MR) is 131 cm³/mol. The molecule has 0 radical (unpaired) electrons. The molecule has 0 fully saturated rings. The lowest BCUT2D eigenvalue weighted by Crippen LogP contribution is -2.29. The Morgan fingerprint density at radius 3 is 2.42 bits per heavy atom. The van der Waals surface area contributed by atoms with Gasteiger partial charge in [-0.3, -0.25) is 9.47 Å². The molecule has 0 bridgehead atoms. The number of nitrogens with one attached hydrogen (secondary N) is 1. The maximum absolute atomic E-state index is 13.3. The molecule has 0 aliphatic carbocycles. The lowest BCUT2D eigenvalue weighted by atomic mass is 10.1. The van der Waals surface area contributed by atoms with Gasteiger partial charge in [-0.15, -0.1) is 0 Å². The molecule has 6 heteroatoms. The normalized spacial score (nSPS) is 10.8. The van der Waals surface area contributed by atoms with Crippen molar-refractivity contribution in [1.29, 1.82) is 0 Å². The lowest BCUT2D eigenvalue weighted by Gasteiger charge is -2.16. The Morgan fingerprint density at radius 2 is 1.67 bits per heavy atom. The van der Waals surface area contributed by atoms with Gasteiger partial charge in [0.2, 0.25) is 0 Å². The van der Waals surface area contributed by atoms with E-state index in [0.717, 1.165) is 40.4 Å². The number of para-hydroxylation sites is 1. The number of fused-ring (bicyclic) bond motifs is 1. The van der Waals surface area contributed by atoms with Crippen LogP contribution in [0.5, 0.6) is 11.5 Å². The highest BCUT2D eigenvalue weighted by Gasteiger charge is 2.22. The Kier molecular flexibility index (Phi) is 6.83. The topological polar surface area (TPSA) is 78.5 Å². The van der Waals surface area contributed by atoms with E-state index < -0.39 is 0 Å². The SMILES string of the molecule is CCCc1c(C(=O)NCc2c(OC)cccc2OCc2ccccc2)n(N)c2ccccc12. The Labute approximate surface area is 193 Å². The molecule has 1 heterocycles. The first-order valence-corrected chi connectivity index (χ1v) is 11.1. The highest BCUT2D eigenvalue weighted by molar-refractivity contribution is 6.01. The van der Waals surface area contributed by atoms with Gasteiger partial charge in [-0.2, -0.15) is 0 Å². The average Bonchev–Trinajstić information content (AvgIpc) is 3.13.